The van der Waals surface area contributed by atoms with Crippen LogP contribution in [0.5, 0.6) is 0 Å². The number of carbonyl (C=O) groups is 1. The smallest absolute Gasteiger partial charge is 0.261 e. The zero-order chi connectivity index (χ0) is 24.5. The molecule has 0 bridgehead atoms. The van der Waals surface area contributed by atoms with Crippen molar-refractivity contribution in [3.63, 3.8) is 0 Å². The lowest BCUT2D eigenvalue weighted by atomic mass is 9.84. The maximum Gasteiger partial charge on any atom is 0.261 e. The van der Waals surface area contributed by atoms with Crippen molar-refractivity contribution in [3.05, 3.63) is 107 Å². The van der Waals surface area contributed by atoms with Crippen molar-refractivity contribution in [2.45, 2.75) is 31.1 Å². The van der Waals surface area contributed by atoms with E-state index in [9.17, 15) is 13.2 Å². The molecule has 0 aliphatic heterocycles. The summed E-state index contributed by atoms with van der Waals surface area (Å²) in [5.41, 5.74) is 1.37. The molecule has 0 amide bonds. The van der Waals surface area contributed by atoms with Gasteiger partial charge in [0.1, 0.15) is 12.0 Å². The van der Waals surface area contributed by atoms with E-state index in [0.717, 1.165) is 5.56 Å². The van der Waals surface area contributed by atoms with E-state index < -0.39 is 21.2 Å². The van der Waals surface area contributed by atoms with Crippen LogP contribution in [0.1, 0.15) is 47.0 Å². The zero-order valence-corrected chi connectivity index (χ0v) is 20.3. The Kier molecular flexibility index (Phi) is 6.29. The minimum atomic E-state index is -3.99. The fourth-order valence-electron chi connectivity index (χ4n) is 3.51. The van der Waals surface area contributed by atoms with E-state index in [1.165, 1.54) is 36.6 Å². The molecule has 0 radical (unpaired) electrons. The predicted octanol–water partition coefficient (Wildman–Crippen LogP) is 5.39. The first-order valence-corrected chi connectivity index (χ1v) is 12.3. The van der Waals surface area contributed by atoms with Crippen molar-refractivity contribution in [2.24, 2.45) is 0 Å². The Balaban J connectivity index is 1.65. The summed E-state index contributed by atoms with van der Waals surface area (Å²) in [5.74, 6) is 0.0854. The molecule has 0 saturated heterocycles. The summed E-state index contributed by atoms with van der Waals surface area (Å²) in [7, 11) is -3.99. The van der Waals surface area contributed by atoms with E-state index in [-0.39, 0.29) is 21.8 Å². The molecule has 2 heterocycles. The largest absolute Gasteiger partial charge is 0.448 e. The average molecular weight is 496 g/mol. The molecular formula is C25H22ClN3O4S. The Bertz CT molecular complexity index is 1450. The molecule has 0 spiro atoms. The number of aryl methyl sites for hydroxylation is 1. The number of nitrogens with zero attached hydrogens (tertiary/aromatic N) is 2. The first kappa shape index (κ1) is 23.7. The number of oxazole rings is 1. The predicted molar refractivity (Wildman–Crippen MR) is 130 cm³/mol. The number of hydrogen-bond acceptors (Lipinski definition) is 6. The fourth-order valence-corrected chi connectivity index (χ4v) is 4.76. The van der Waals surface area contributed by atoms with Gasteiger partial charge in [0, 0.05) is 16.3 Å². The van der Waals surface area contributed by atoms with Crippen LogP contribution in [0.2, 0.25) is 5.02 Å². The van der Waals surface area contributed by atoms with Gasteiger partial charge in [0.25, 0.3) is 10.0 Å². The molecule has 9 heteroatoms. The zero-order valence-electron chi connectivity index (χ0n) is 18.7. The van der Waals surface area contributed by atoms with Crippen molar-refractivity contribution in [1.29, 1.82) is 0 Å². The Morgan fingerprint density at radius 2 is 1.79 bits per heavy atom. The van der Waals surface area contributed by atoms with E-state index in [0.29, 0.717) is 16.6 Å². The number of halogens is 1. The van der Waals surface area contributed by atoms with Crippen LogP contribution in [0.4, 0.5) is 5.69 Å². The van der Waals surface area contributed by atoms with Gasteiger partial charge in [0.15, 0.2) is 0 Å². The monoisotopic (exact) mass is 495 g/mol. The molecule has 1 N–H and O–H groups in total. The Morgan fingerprint density at radius 3 is 2.44 bits per heavy atom. The summed E-state index contributed by atoms with van der Waals surface area (Å²) in [5, 5.41) is 0.303. The van der Waals surface area contributed by atoms with E-state index in [1.54, 1.807) is 43.5 Å². The number of carbonyl (C=O) groups excluding carboxylic acids is 1. The minimum Gasteiger partial charge on any atom is -0.448 e. The van der Waals surface area contributed by atoms with Crippen molar-refractivity contribution >= 4 is 33.1 Å². The molecule has 7 nitrogen and oxygen atoms in total. The molecule has 0 atom stereocenters. The molecule has 4 rings (SSSR count). The lowest BCUT2D eigenvalue weighted by molar-refractivity contribution is 0.103. The second-order valence-corrected chi connectivity index (χ2v) is 10.4. The van der Waals surface area contributed by atoms with Gasteiger partial charge in [0.2, 0.25) is 11.7 Å². The van der Waals surface area contributed by atoms with Crippen LogP contribution in [0.15, 0.2) is 82.4 Å². The highest BCUT2D eigenvalue weighted by atomic mass is 35.5. The van der Waals surface area contributed by atoms with Crippen LogP contribution in [0.3, 0.4) is 0 Å². The molecule has 2 aromatic carbocycles. The number of benzene rings is 2. The van der Waals surface area contributed by atoms with E-state index in [4.69, 9.17) is 16.0 Å². The summed E-state index contributed by atoms with van der Waals surface area (Å²) in [6.45, 7) is 5.64. The highest BCUT2D eigenvalue weighted by Gasteiger charge is 2.28. The molecule has 0 unspecified atom stereocenters. The van der Waals surface area contributed by atoms with Crippen molar-refractivity contribution in [1.82, 2.24) is 9.97 Å². The van der Waals surface area contributed by atoms with Gasteiger partial charge in [0.05, 0.1) is 22.2 Å². The van der Waals surface area contributed by atoms with Gasteiger partial charge >= 0.3 is 0 Å². The van der Waals surface area contributed by atoms with Crippen LogP contribution >= 0.6 is 11.6 Å². The van der Waals surface area contributed by atoms with Gasteiger partial charge < -0.3 is 4.42 Å². The number of sulfonamides is 1. The second-order valence-electron chi connectivity index (χ2n) is 8.28. The van der Waals surface area contributed by atoms with Crippen LogP contribution in [-0.4, -0.2) is 24.2 Å². The number of aromatic nitrogens is 2. The normalized spacial score (nSPS) is 11.9. The topological polar surface area (TPSA) is 102 Å². The van der Waals surface area contributed by atoms with Crippen LogP contribution in [0, 0.1) is 6.92 Å². The van der Waals surface area contributed by atoms with Crippen LogP contribution in [0.25, 0.3) is 0 Å². The highest BCUT2D eigenvalue weighted by molar-refractivity contribution is 7.92. The van der Waals surface area contributed by atoms with Crippen LogP contribution < -0.4 is 4.72 Å². The number of pyridine rings is 1. The Morgan fingerprint density at radius 1 is 1.06 bits per heavy atom. The van der Waals surface area contributed by atoms with E-state index in [2.05, 4.69) is 14.7 Å². The van der Waals surface area contributed by atoms with Crippen LogP contribution in [-0.2, 0) is 15.4 Å². The molecule has 0 fully saturated rings. The summed E-state index contributed by atoms with van der Waals surface area (Å²) in [6, 6.07) is 15.9. The van der Waals surface area contributed by atoms with Crippen molar-refractivity contribution in [3.8, 4) is 0 Å². The Labute approximate surface area is 202 Å². The lowest BCUT2D eigenvalue weighted by Crippen LogP contribution is -2.20. The number of ketones is 1. The minimum absolute atomic E-state index is 0.0430. The third kappa shape index (κ3) is 4.73. The SMILES string of the molecule is Cc1cccc(C(=O)c2cc(Cl)ccc2NS(=O)(=O)c2ccc(C(C)(C)c3ncco3)cc2)n1. The molecule has 0 aliphatic rings. The first-order chi connectivity index (χ1) is 16.1. The quantitative estimate of drug-likeness (QED) is 0.345. The van der Waals surface area contributed by atoms with E-state index in [1.807, 2.05) is 13.8 Å². The second kappa shape index (κ2) is 9.04. The molecule has 34 heavy (non-hydrogen) atoms. The maximum absolute atomic E-state index is 13.1. The number of nitrogens with one attached hydrogen (secondary N) is 1. The molecule has 4 aromatic rings. The maximum atomic E-state index is 13.1. The fraction of sp³-hybridized carbons (Fsp3) is 0.160. The Hall–Kier alpha value is -3.49. The standard InChI is InChI=1S/C25H22ClN3O4S/c1-16-5-4-6-22(28-16)23(30)20-15-18(26)9-12-21(20)29-34(31,32)19-10-7-17(8-11-19)25(2,3)24-27-13-14-33-24/h4-15,29H,1-3H3. The van der Waals surface area contributed by atoms with Gasteiger partial charge in [-0.3, -0.25) is 9.52 Å². The summed E-state index contributed by atoms with van der Waals surface area (Å²) >= 11 is 6.11. The lowest BCUT2D eigenvalue weighted by Gasteiger charge is -2.21. The number of hydrogen-bond donors (Lipinski definition) is 1. The third-order valence-corrected chi connectivity index (χ3v) is 7.06. The molecule has 0 aliphatic carbocycles. The van der Waals surface area contributed by atoms with Crippen molar-refractivity contribution in [2.75, 3.05) is 4.72 Å². The summed E-state index contributed by atoms with van der Waals surface area (Å²) < 4.78 is 34.2. The van der Waals surface area contributed by atoms with Gasteiger partial charge in [-0.1, -0.05) is 29.8 Å². The summed E-state index contributed by atoms with van der Waals surface area (Å²) in [4.78, 5) is 21.6. The first-order valence-electron chi connectivity index (χ1n) is 10.4. The molecule has 2 aromatic heterocycles. The third-order valence-electron chi connectivity index (χ3n) is 5.44. The van der Waals surface area contributed by atoms with Gasteiger partial charge in [-0.25, -0.2) is 18.4 Å². The number of anilines is 1. The molecule has 0 saturated carbocycles. The van der Waals surface area contributed by atoms with E-state index >= 15 is 0 Å². The molecular weight excluding hydrogens is 474 g/mol. The van der Waals surface area contributed by atoms with Gasteiger partial charge in [-0.15, -0.1) is 0 Å². The van der Waals surface area contributed by atoms with Gasteiger partial charge in [-0.2, -0.15) is 0 Å². The molecule has 174 valence electrons. The summed E-state index contributed by atoms with van der Waals surface area (Å²) in [6.07, 6.45) is 3.06. The van der Waals surface area contributed by atoms with Crippen molar-refractivity contribution < 1.29 is 17.6 Å². The number of rotatable bonds is 7. The average Bonchev–Trinajstić information content (AvgIpc) is 3.36. The van der Waals surface area contributed by atoms with Gasteiger partial charge in [-0.05, 0) is 68.8 Å². The highest BCUT2D eigenvalue weighted by Crippen LogP contribution is 2.31.